The summed E-state index contributed by atoms with van der Waals surface area (Å²) in [6.45, 7) is 10.5. The monoisotopic (exact) mass is 306 g/mol. The molecule has 1 heterocycles. The van der Waals surface area contributed by atoms with Crippen LogP contribution >= 0.6 is 0 Å². The summed E-state index contributed by atoms with van der Waals surface area (Å²) in [6.07, 6.45) is 1.00. The third-order valence-electron chi connectivity index (χ3n) is 4.05. The molecular formula is C18H27FN2O. The number of hydrogen-bond acceptors (Lipinski definition) is 2. The number of piperidine rings is 1. The zero-order chi connectivity index (χ0) is 16.3. The first-order valence-corrected chi connectivity index (χ1v) is 8.02. The van der Waals surface area contributed by atoms with E-state index in [1.165, 1.54) is 6.07 Å². The Morgan fingerprint density at radius 3 is 2.73 bits per heavy atom. The molecule has 0 radical (unpaired) electrons. The molecule has 1 N–H and O–H groups in total. The lowest BCUT2D eigenvalue weighted by molar-refractivity contribution is -0.129. The van der Waals surface area contributed by atoms with Crippen molar-refractivity contribution in [3.05, 3.63) is 35.6 Å². The maximum Gasteiger partial charge on any atom is 0.225 e. The van der Waals surface area contributed by atoms with Crippen LogP contribution in [0.2, 0.25) is 0 Å². The Morgan fingerprint density at radius 1 is 1.36 bits per heavy atom. The molecule has 1 fully saturated rings. The zero-order valence-corrected chi connectivity index (χ0v) is 14.0. The fourth-order valence-electron chi connectivity index (χ4n) is 2.99. The lowest BCUT2D eigenvalue weighted by atomic mass is 9.92. The van der Waals surface area contributed by atoms with Gasteiger partial charge < -0.3 is 5.32 Å². The number of amides is 1. The maximum atomic E-state index is 13.3. The average Bonchev–Trinajstić information content (AvgIpc) is 2.36. The van der Waals surface area contributed by atoms with Crippen molar-refractivity contribution in [1.82, 2.24) is 10.2 Å². The molecule has 0 bridgehead atoms. The van der Waals surface area contributed by atoms with Gasteiger partial charge in [-0.2, -0.15) is 0 Å². The van der Waals surface area contributed by atoms with Crippen molar-refractivity contribution in [2.75, 3.05) is 13.1 Å². The first kappa shape index (κ1) is 16.9. The summed E-state index contributed by atoms with van der Waals surface area (Å²) in [7, 11) is 0. The largest absolute Gasteiger partial charge is 0.352 e. The summed E-state index contributed by atoms with van der Waals surface area (Å²) >= 11 is 0. The average molecular weight is 306 g/mol. The van der Waals surface area contributed by atoms with Crippen LogP contribution in [-0.2, 0) is 11.3 Å². The number of hydrogen-bond donors (Lipinski definition) is 1. The van der Waals surface area contributed by atoms with Gasteiger partial charge in [0.2, 0.25) is 5.91 Å². The number of halogens is 1. The van der Waals surface area contributed by atoms with Gasteiger partial charge in [-0.15, -0.1) is 0 Å². The van der Waals surface area contributed by atoms with Gasteiger partial charge >= 0.3 is 0 Å². The normalized spacial score (nSPS) is 23.3. The van der Waals surface area contributed by atoms with Gasteiger partial charge in [-0.25, -0.2) is 4.39 Å². The first-order valence-electron chi connectivity index (χ1n) is 8.02. The summed E-state index contributed by atoms with van der Waals surface area (Å²) in [5.74, 6) is 0.421. The van der Waals surface area contributed by atoms with Gasteiger partial charge in [-0.3, -0.25) is 9.69 Å². The molecule has 1 saturated heterocycles. The lowest BCUT2D eigenvalue weighted by Gasteiger charge is -2.37. The minimum Gasteiger partial charge on any atom is -0.352 e. The molecule has 2 unspecified atom stereocenters. The molecule has 3 nitrogen and oxygen atoms in total. The molecule has 0 aromatic heterocycles. The van der Waals surface area contributed by atoms with E-state index in [0.29, 0.717) is 5.92 Å². The van der Waals surface area contributed by atoms with Gasteiger partial charge in [0, 0.05) is 31.1 Å². The second kappa shape index (κ2) is 6.78. The van der Waals surface area contributed by atoms with Crippen LogP contribution < -0.4 is 5.32 Å². The Labute approximate surface area is 132 Å². The van der Waals surface area contributed by atoms with Crippen molar-refractivity contribution < 1.29 is 9.18 Å². The molecule has 1 aromatic carbocycles. The smallest absolute Gasteiger partial charge is 0.225 e. The third-order valence-corrected chi connectivity index (χ3v) is 4.05. The molecule has 1 aromatic rings. The molecule has 1 amide bonds. The van der Waals surface area contributed by atoms with E-state index in [1.54, 1.807) is 12.1 Å². The summed E-state index contributed by atoms with van der Waals surface area (Å²) in [6, 6.07) is 6.92. The Morgan fingerprint density at radius 2 is 2.09 bits per heavy atom. The van der Waals surface area contributed by atoms with Gasteiger partial charge in [0.05, 0.1) is 0 Å². The number of likely N-dealkylation sites (tertiary alicyclic amines) is 1. The van der Waals surface area contributed by atoms with E-state index in [1.807, 2.05) is 26.8 Å². The van der Waals surface area contributed by atoms with E-state index in [2.05, 4.69) is 17.1 Å². The van der Waals surface area contributed by atoms with Crippen molar-refractivity contribution in [2.24, 2.45) is 11.3 Å². The standard InChI is InChI=1S/C18H27FN2O/c1-13-8-16(20-17(22)18(2,3)4)12-21(10-13)11-14-6-5-7-15(19)9-14/h5-7,9,13,16H,8,10-12H2,1-4H3,(H,20,22). The highest BCUT2D eigenvalue weighted by Crippen LogP contribution is 2.21. The third kappa shape index (κ3) is 4.80. The van der Waals surface area contributed by atoms with Crippen LogP contribution in [0.25, 0.3) is 0 Å². The Kier molecular flexibility index (Phi) is 5.22. The van der Waals surface area contributed by atoms with Gasteiger partial charge in [-0.05, 0) is 30.0 Å². The summed E-state index contributed by atoms with van der Waals surface area (Å²) in [4.78, 5) is 14.5. The van der Waals surface area contributed by atoms with E-state index in [4.69, 9.17) is 0 Å². The molecule has 2 atom stereocenters. The Balaban J connectivity index is 1.97. The van der Waals surface area contributed by atoms with Crippen LogP contribution in [0.3, 0.4) is 0 Å². The van der Waals surface area contributed by atoms with Crippen LogP contribution in [0.1, 0.15) is 39.7 Å². The van der Waals surface area contributed by atoms with Crippen LogP contribution in [-0.4, -0.2) is 29.9 Å². The zero-order valence-electron chi connectivity index (χ0n) is 14.0. The molecule has 122 valence electrons. The van der Waals surface area contributed by atoms with E-state index >= 15 is 0 Å². The van der Waals surface area contributed by atoms with Crippen LogP contribution in [0, 0.1) is 17.2 Å². The SMILES string of the molecule is CC1CC(NC(=O)C(C)(C)C)CN(Cc2cccc(F)c2)C1. The molecule has 0 spiro atoms. The van der Waals surface area contributed by atoms with Gasteiger partial charge in [-0.1, -0.05) is 39.8 Å². The number of benzene rings is 1. The fourth-order valence-corrected chi connectivity index (χ4v) is 2.99. The van der Waals surface area contributed by atoms with E-state index in [0.717, 1.165) is 31.6 Å². The number of carbonyl (C=O) groups is 1. The van der Waals surface area contributed by atoms with E-state index in [9.17, 15) is 9.18 Å². The van der Waals surface area contributed by atoms with Crippen LogP contribution in [0.15, 0.2) is 24.3 Å². The van der Waals surface area contributed by atoms with Crippen LogP contribution in [0.4, 0.5) is 4.39 Å². The predicted octanol–water partition coefficient (Wildman–Crippen LogP) is 3.20. The highest BCUT2D eigenvalue weighted by Gasteiger charge is 2.29. The highest BCUT2D eigenvalue weighted by atomic mass is 19.1. The topological polar surface area (TPSA) is 32.3 Å². The quantitative estimate of drug-likeness (QED) is 0.930. The number of nitrogens with one attached hydrogen (secondary N) is 1. The van der Waals surface area contributed by atoms with E-state index < -0.39 is 0 Å². The van der Waals surface area contributed by atoms with E-state index in [-0.39, 0.29) is 23.2 Å². The fraction of sp³-hybridized carbons (Fsp3) is 0.611. The second-order valence-corrected chi connectivity index (χ2v) is 7.59. The highest BCUT2D eigenvalue weighted by molar-refractivity contribution is 5.81. The van der Waals surface area contributed by atoms with Gasteiger partial charge in [0.15, 0.2) is 0 Å². The van der Waals surface area contributed by atoms with Crippen LogP contribution in [0.5, 0.6) is 0 Å². The maximum absolute atomic E-state index is 13.3. The number of rotatable bonds is 3. The predicted molar refractivity (Wildman–Crippen MR) is 86.8 cm³/mol. The Hall–Kier alpha value is -1.42. The molecule has 2 rings (SSSR count). The molecule has 0 aliphatic carbocycles. The Bertz CT molecular complexity index is 524. The summed E-state index contributed by atoms with van der Waals surface area (Å²) in [5.41, 5.74) is 0.614. The van der Waals surface area contributed by atoms with Crippen molar-refractivity contribution in [1.29, 1.82) is 0 Å². The first-order chi connectivity index (χ1) is 10.2. The van der Waals surface area contributed by atoms with Crippen molar-refractivity contribution >= 4 is 5.91 Å². The molecular weight excluding hydrogens is 279 g/mol. The molecule has 22 heavy (non-hydrogen) atoms. The molecule has 4 heteroatoms. The number of carbonyl (C=O) groups excluding carboxylic acids is 1. The van der Waals surface area contributed by atoms with Crippen molar-refractivity contribution in [2.45, 2.75) is 46.7 Å². The summed E-state index contributed by atoms with van der Waals surface area (Å²) < 4.78 is 13.3. The molecule has 1 aliphatic rings. The molecule has 1 aliphatic heterocycles. The van der Waals surface area contributed by atoms with Gasteiger partial charge in [0.25, 0.3) is 0 Å². The second-order valence-electron chi connectivity index (χ2n) is 7.59. The summed E-state index contributed by atoms with van der Waals surface area (Å²) in [5, 5.41) is 3.16. The minimum atomic E-state index is -0.367. The number of nitrogens with zero attached hydrogens (tertiary/aromatic N) is 1. The lowest BCUT2D eigenvalue weighted by Crippen LogP contribution is -2.52. The molecule has 0 saturated carbocycles. The van der Waals surface area contributed by atoms with Crippen molar-refractivity contribution in [3.63, 3.8) is 0 Å². The van der Waals surface area contributed by atoms with Crippen molar-refractivity contribution in [3.8, 4) is 0 Å². The van der Waals surface area contributed by atoms with Gasteiger partial charge in [0.1, 0.15) is 5.82 Å². The minimum absolute atomic E-state index is 0.0947.